The van der Waals surface area contributed by atoms with Gasteiger partial charge in [-0.25, -0.2) is 9.37 Å². The van der Waals surface area contributed by atoms with E-state index in [1.807, 2.05) is 23.1 Å². The average Bonchev–Trinajstić information content (AvgIpc) is 3.40. The summed E-state index contributed by atoms with van der Waals surface area (Å²) in [6.07, 6.45) is 1.08. The maximum absolute atomic E-state index is 13.1. The molecule has 0 aliphatic carbocycles. The lowest BCUT2D eigenvalue weighted by molar-refractivity contribution is -0.129. The fraction of sp³-hybridized carbons (Fsp3) is 0.240. The molecule has 0 saturated heterocycles. The van der Waals surface area contributed by atoms with Crippen LogP contribution in [0.15, 0.2) is 53.4 Å². The molecule has 5 nitrogen and oxygen atoms in total. The van der Waals surface area contributed by atoms with Gasteiger partial charge in [0, 0.05) is 41.0 Å². The first-order chi connectivity index (χ1) is 16.5. The summed E-state index contributed by atoms with van der Waals surface area (Å²) in [5.41, 5.74) is 3.11. The topological polar surface area (TPSA) is 62.3 Å². The fourth-order valence-corrected chi connectivity index (χ4v) is 7.19. The average molecular weight is 512 g/mol. The summed E-state index contributed by atoms with van der Waals surface area (Å²) >= 11 is 4.69. The van der Waals surface area contributed by atoms with E-state index in [9.17, 15) is 14.0 Å². The Morgan fingerprint density at radius 1 is 1.15 bits per heavy atom. The van der Waals surface area contributed by atoms with Crippen LogP contribution in [-0.4, -0.2) is 34.0 Å². The molecule has 1 aliphatic rings. The number of thioether (sulfide) groups is 1. The predicted molar refractivity (Wildman–Crippen MR) is 138 cm³/mol. The molecule has 9 heteroatoms. The number of carbonyl (C=O) groups excluding carboxylic acids is 2. The SMILES string of the molecule is CC(=O)N1CCc2c(sc(NC(=O)CCSc3ccc(F)cc3)c2-c2nc3ccccc3s2)C1. The van der Waals surface area contributed by atoms with Crippen molar-refractivity contribution < 1.29 is 14.0 Å². The van der Waals surface area contributed by atoms with Crippen molar-refractivity contribution in [3.8, 4) is 10.6 Å². The monoisotopic (exact) mass is 511 g/mol. The van der Waals surface area contributed by atoms with Crippen LogP contribution in [-0.2, 0) is 22.6 Å². The lowest BCUT2D eigenvalue weighted by Crippen LogP contribution is -2.33. The second-order valence-corrected chi connectivity index (χ2v) is 11.3. The van der Waals surface area contributed by atoms with Gasteiger partial charge in [0.15, 0.2) is 0 Å². The lowest BCUT2D eigenvalue weighted by Gasteiger charge is -2.26. The van der Waals surface area contributed by atoms with Crippen molar-refractivity contribution in [3.63, 3.8) is 0 Å². The summed E-state index contributed by atoms with van der Waals surface area (Å²) in [7, 11) is 0. The van der Waals surface area contributed by atoms with Gasteiger partial charge in [0.25, 0.3) is 0 Å². The molecule has 2 aromatic carbocycles. The number of anilines is 1. The first-order valence-electron chi connectivity index (χ1n) is 10.9. The maximum Gasteiger partial charge on any atom is 0.225 e. The number of hydrogen-bond donors (Lipinski definition) is 1. The summed E-state index contributed by atoms with van der Waals surface area (Å²) in [6.45, 7) is 2.82. The molecule has 1 aliphatic heterocycles. The van der Waals surface area contributed by atoms with Crippen LogP contribution in [0.2, 0.25) is 0 Å². The largest absolute Gasteiger partial charge is 0.337 e. The van der Waals surface area contributed by atoms with E-state index in [2.05, 4.69) is 11.4 Å². The highest BCUT2D eigenvalue weighted by Crippen LogP contribution is 2.45. The van der Waals surface area contributed by atoms with E-state index in [4.69, 9.17) is 4.98 Å². The number of nitrogens with zero attached hydrogens (tertiary/aromatic N) is 2. The third-order valence-electron chi connectivity index (χ3n) is 5.67. The summed E-state index contributed by atoms with van der Waals surface area (Å²) in [5.74, 6) is 0.314. The summed E-state index contributed by atoms with van der Waals surface area (Å²) in [5, 5.41) is 4.81. The third kappa shape index (κ3) is 4.87. The molecule has 0 spiro atoms. The molecule has 174 valence electrons. The second kappa shape index (κ2) is 9.85. The number of para-hydroxylation sites is 1. The van der Waals surface area contributed by atoms with Gasteiger partial charge in [-0.05, 0) is 48.4 Å². The van der Waals surface area contributed by atoms with Crippen molar-refractivity contribution >= 4 is 61.5 Å². The Balaban J connectivity index is 1.38. The number of nitrogens with one attached hydrogen (secondary N) is 1. The molecule has 2 aromatic heterocycles. The van der Waals surface area contributed by atoms with Gasteiger partial charge < -0.3 is 10.2 Å². The zero-order valence-corrected chi connectivity index (χ0v) is 20.9. The Kier molecular flexibility index (Phi) is 6.67. The predicted octanol–water partition coefficient (Wildman–Crippen LogP) is 6.19. The van der Waals surface area contributed by atoms with Crippen molar-refractivity contribution in [2.45, 2.75) is 31.2 Å². The smallest absolute Gasteiger partial charge is 0.225 e. The lowest BCUT2D eigenvalue weighted by atomic mass is 10.0. The van der Waals surface area contributed by atoms with Crippen molar-refractivity contribution in [3.05, 3.63) is 64.8 Å². The number of hydrogen-bond acceptors (Lipinski definition) is 6. The molecule has 34 heavy (non-hydrogen) atoms. The number of thiazole rings is 1. The maximum atomic E-state index is 13.1. The van der Waals surface area contributed by atoms with Gasteiger partial charge in [0.05, 0.1) is 16.8 Å². The number of benzene rings is 2. The van der Waals surface area contributed by atoms with Gasteiger partial charge >= 0.3 is 0 Å². The zero-order valence-electron chi connectivity index (χ0n) is 18.5. The number of halogens is 1. The number of amides is 2. The molecular formula is C25H22FN3O2S3. The molecule has 0 saturated carbocycles. The van der Waals surface area contributed by atoms with Gasteiger partial charge in [0.1, 0.15) is 15.8 Å². The van der Waals surface area contributed by atoms with Crippen LogP contribution in [0.25, 0.3) is 20.8 Å². The van der Waals surface area contributed by atoms with E-state index in [1.54, 1.807) is 30.4 Å². The van der Waals surface area contributed by atoms with E-state index in [-0.39, 0.29) is 17.6 Å². The molecule has 0 unspecified atom stereocenters. The molecule has 0 radical (unpaired) electrons. The molecule has 0 bridgehead atoms. The third-order valence-corrected chi connectivity index (χ3v) is 8.87. The van der Waals surface area contributed by atoms with Gasteiger partial charge in [-0.3, -0.25) is 9.59 Å². The molecule has 2 amide bonds. The minimum Gasteiger partial charge on any atom is -0.337 e. The minimum atomic E-state index is -0.269. The molecule has 3 heterocycles. The van der Waals surface area contributed by atoms with Gasteiger partial charge in [-0.2, -0.15) is 0 Å². The Labute approximate surface area is 209 Å². The Morgan fingerprint density at radius 3 is 2.71 bits per heavy atom. The first-order valence-corrected chi connectivity index (χ1v) is 13.5. The van der Waals surface area contributed by atoms with Crippen LogP contribution >= 0.6 is 34.4 Å². The van der Waals surface area contributed by atoms with Crippen molar-refractivity contribution in [1.82, 2.24) is 9.88 Å². The zero-order chi connectivity index (χ0) is 23.7. The summed E-state index contributed by atoms with van der Waals surface area (Å²) in [6, 6.07) is 14.3. The van der Waals surface area contributed by atoms with Crippen LogP contribution < -0.4 is 5.32 Å². The van der Waals surface area contributed by atoms with Crippen LogP contribution in [0.4, 0.5) is 9.39 Å². The van der Waals surface area contributed by atoms with Crippen LogP contribution in [0, 0.1) is 5.82 Å². The highest BCUT2D eigenvalue weighted by Gasteiger charge is 2.28. The molecule has 5 rings (SSSR count). The standard InChI is InChI=1S/C25H22FN3O2S3/c1-15(30)29-12-10-18-21(14-29)34-25(23(18)24-27-19-4-2-3-5-20(19)33-24)28-22(31)11-13-32-17-8-6-16(26)7-9-17/h2-9H,10-14H2,1H3,(H,28,31). The van der Waals surface area contributed by atoms with E-state index < -0.39 is 0 Å². The van der Waals surface area contributed by atoms with E-state index in [0.29, 0.717) is 25.3 Å². The van der Waals surface area contributed by atoms with Crippen LogP contribution in [0.5, 0.6) is 0 Å². The normalized spacial score (nSPS) is 13.2. The number of thiophene rings is 1. The van der Waals surface area contributed by atoms with Gasteiger partial charge in [0.2, 0.25) is 11.8 Å². The number of rotatable bonds is 6. The summed E-state index contributed by atoms with van der Waals surface area (Å²) in [4.78, 5) is 33.5. The minimum absolute atomic E-state index is 0.0593. The number of fused-ring (bicyclic) bond motifs is 2. The van der Waals surface area contributed by atoms with Crippen molar-refractivity contribution in [2.24, 2.45) is 0 Å². The van der Waals surface area contributed by atoms with Crippen LogP contribution in [0.1, 0.15) is 23.8 Å². The summed E-state index contributed by atoms with van der Waals surface area (Å²) < 4.78 is 14.2. The second-order valence-electron chi connectivity index (χ2n) is 7.99. The van der Waals surface area contributed by atoms with Gasteiger partial charge in [-0.15, -0.1) is 34.4 Å². The van der Waals surface area contributed by atoms with E-state index in [1.165, 1.54) is 40.8 Å². The molecule has 4 aromatic rings. The molecular weight excluding hydrogens is 489 g/mol. The van der Waals surface area contributed by atoms with E-state index >= 15 is 0 Å². The van der Waals surface area contributed by atoms with Crippen molar-refractivity contribution in [2.75, 3.05) is 17.6 Å². The quantitative estimate of drug-likeness (QED) is 0.314. The molecule has 1 N–H and O–H groups in total. The first kappa shape index (κ1) is 23.0. The number of aromatic nitrogens is 1. The fourth-order valence-electron chi connectivity index (χ4n) is 3.95. The van der Waals surface area contributed by atoms with Crippen LogP contribution in [0.3, 0.4) is 0 Å². The van der Waals surface area contributed by atoms with Crippen molar-refractivity contribution in [1.29, 1.82) is 0 Å². The van der Waals surface area contributed by atoms with Gasteiger partial charge in [-0.1, -0.05) is 12.1 Å². The Morgan fingerprint density at radius 2 is 1.94 bits per heavy atom. The number of carbonyl (C=O) groups is 2. The Hall–Kier alpha value is -2.75. The molecule has 0 atom stereocenters. The highest BCUT2D eigenvalue weighted by atomic mass is 32.2. The highest BCUT2D eigenvalue weighted by molar-refractivity contribution is 7.99. The molecule has 0 fully saturated rings. The van der Waals surface area contributed by atoms with E-state index in [0.717, 1.165) is 42.0 Å². The Bertz CT molecular complexity index is 1330.